The highest BCUT2D eigenvalue weighted by molar-refractivity contribution is 7.73. The Kier molecular flexibility index (Phi) is 28.4. The molecule has 0 aliphatic rings. The molecule has 0 aromatic carbocycles. The van der Waals surface area contributed by atoms with E-state index in [4.69, 9.17) is 56.9 Å². The van der Waals surface area contributed by atoms with Crippen LogP contribution in [0.4, 0.5) is 4.79 Å². The Morgan fingerprint density at radius 1 is 0.583 bits per heavy atom. The fourth-order valence-corrected chi connectivity index (χ4v) is 13.0. The third kappa shape index (κ3) is 17.8. The van der Waals surface area contributed by atoms with Crippen molar-refractivity contribution in [1.29, 1.82) is 0 Å². The number of aliphatic hydroxyl groups is 2. The summed E-state index contributed by atoms with van der Waals surface area (Å²) in [6.45, 7) is 13.8. The van der Waals surface area contributed by atoms with Crippen molar-refractivity contribution in [3.05, 3.63) is 0 Å². The topological polar surface area (TPSA) is 250 Å². The molecule has 0 aromatic heterocycles. The molecular formula is C25H59N3O16P4. The summed E-state index contributed by atoms with van der Waals surface area (Å²) in [5, 5.41) is 20.3. The third-order valence-electron chi connectivity index (χ3n) is 5.44. The van der Waals surface area contributed by atoms with E-state index in [1.165, 1.54) is 0 Å². The van der Waals surface area contributed by atoms with Gasteiger partial charge in [0.1, 0.15) is 6.61 Å². The second-order valence-electron chi connectivity index (χ2n) is 8.86. The lowest BCUT2D eigenvalue weighted by Crippen LogP contribution is -2.39. The zero-order valence-corrected chi connectivity index (χ0v) is 33.1. The first-order chi connectivity index (χ1) is 22.7. The molecule has 5 N–H and O–H groups in total. The molecule has 0 fully saturated rings. The van der Waals surface area contributed by atoms with E-state index in [0.29, 0.717) is 13.1 Å². The maximum absolute atomic E-state index is 13.3. The van der Waals surface area contributed by atoms with Crippen LogP contribution in [-0.4, -0.2) is 125 Å². The van der Waals surface area contributed by atoms with Gasteiger partial charge in [0.15, 0.2) is 0 Å². The summed E-state index contributed by atoms with van der Waals surface area (Å²) in [5.41, 5.74) is 2.59. The van der Waals surface area contributed by atoms with E-state index < -0.39 is 47.5 Å². The van der Waals surface area contributed by atoms with Gasteiger partial charge < -0.3 is 56.9 Å². The van der Waals surface area contributed by atoms with Crippen molar-refractivity contribution in [2.45, 2.75) is 66.4 Å². The highest BCUT2D eigenvalue weighted by Gasteiger charge is 2.52. The van der Waals surface area contributed by atoms with Crippen LogP contribution < -0.4 is 11.1 Å². The molecule has 0 atom stereocenters. The molecule has 290 valence electrons. The van der Waals surface area contributed by atoms with Gasteiger partial charge in [-0.05, 0) is 55.4 Å². The molecule has 19 nitrogen and oxygen atoms in total. The van der Waals surface area contributed by atoms with E-state index in [2.05, 4.69) is 5.32 Å². The molecule has 0 heterocycles. The number of nitrogens with one attached hydrogen (secondary N) is 1. The maximum Gasteiger partial charge on any atom is 0.408 e. The number of ether oxygens (including phenoxy) is 1. The van der Waals surface area contributed by atoms with Gasteiger partial charge in [0.2, 0.25) is 11.0 Å². The average molecular weight is 782 g/mol. The minimum atomic E-state index is -4.14. The van der Waals surface area contributed by atoms with Crippen molar-refractivity contribution in [2.75, 3.05) is 92.3 Å². The molecule has 0 aliphatic heterocycles. The van der Waals surface area contributed by atoms with E-state index in [1.807, 2.05) is 0 Å². The summed E-state index contributed by atoms with van der Waals surface area (Å²) < 4.78 is 97.6. The predicted molar refractivity (Wildman–Crippen MR) is 180 cm³/mol. The SMILES string of the molecule is CCOP(=O)(OCC)C(N)P(=O)(OCC)OCC.CCOP(=O)(OCC)C(NC(=O)OCCN(CCO)CCO)P(=O)(OCC)OCC. The molecular weight excluding hydrogens is 722 g/mol. The van der Waals surface area contributed by atoms with Crippen LogP contribution in [0.25, 0.3) is 0 Å². The largest absolute Gasteiger partial charge is 0.448 e. The monoisotopic (exact) mass is 781 g/mol. The zero-order chi connectivity index (χ0) is 37.3. The van der Waals surface area contributed by atoms with Crippen LogP contribution in [0.2, 0.25) is 0 Å². The summed E-state index contributed by atoms with van der Waals surface area (Å²) in [7, 11) is -15.7. The van der Waals surface area contributed by atoms with Crippen molar-refractivity contribution >= 4 is 36.5 Å². The lowest BCUT2D eigenvalue weighted by atomic mass is 10.4. The minimum Gasteiger partial charge on any atom is -0.448 e. The molecule has 0 bridgehead atoms. The van der Waals surface area contributed by atoms with Gasteiger partial charge in [-0.1, -0.05) is 0 Å². The van der Waals surface area contributed by atoms with Crippen molar-refractivity contribution in [3.8, 4) is 0 Å². The second kappa shape index (κ2) is 27.4. The van der Waals surface area contributed by atoms with Gasteiger partial charge in [-0.2, -0.15) is 0 Å². The molecule has 0 aliphatic carbocycles. The Bertz CT molecular complexity index is 937. The van der Waals surface area contributed by atoms with E-state index in [-0.39, 0.29) is 79.2 Å². The molecule has 0 saturated heterocycles. The Hall–Kier alpha value is -0.290. The number of hydrogen-bond donors (Lipinski definition) is 4. The second-order valence-corrected chi connectivity index (χ2v) is 18.2. The predicted octanol–water partition coefficient (Wildman–Crippen LogP) is 4.58. The van der Waals surface area contributed by atoms with Gasteiger partial charge in [0.25, 0.3) is 0 Å². The van der Waals surface area contributed by atoms with Gasteiger partial charge in [-0.3, -0.25) is 28.5 Å². The Morgan fingerprint density at radius 3 is 1.15 bits per heavy atom. The number of carbonyl (C=O) groups excluding carboxylic acids is 1. The number of hydrogen-bond acceptors (Lipinski definition) is 18. The van der Waals surface area contributed by atoms with E-state index >= 15 is 0 Å². The Balaban J connectivity index is 0. The number of amides is 1. The number of nitrogens with two attached hydrogens (primary N) is 1. The van der Waals surface area contributed by atoms with Crippen LogP contribution in [0, 0.1) is 0 Å². The van der Waals surface area contributed by atoms with Crippen LogP contribution in [0.3, 0.4) is 0 Å². The molecule has 0 saturated carbocycles. The molecule has 0 rings (SSSR count). The van der Waals surface area contributed by atoms with Crippen LogP contribution in [0.1, 0.15) is 55.4 Å². The number of rotatable bonds is 28. The lowest BCUT2D eigenvalue weighted by Gasteiger charge is -2.31. The molecule has 23 heteroatoms. The van der Waals surface area contributed by atoms with E-state index in [1.54, 1.807) is 60.3 Å². The van der Waals surface area contributed by atoms with Crippen LogP contribution in [0.5, 0.6) is 0 Å². The number of alkyl carbamates (subject to hydrolysis) is 1. The molecule has 0 aromatic rings. The summed E-state index contributed by atoms with van der Waals surface area (Å²) in [4.78, 5) is 14.0. The average Bonchev–Trinajstić information content (AvgIpc) is 3.01. The van der Waals surface area contributed by atoms with Gasteiger partial charge in [0.05, 0.1) is 66.1 Å². The molecule has 0 spiro atoms. The van der Waals surface area contributed by atoms with Gasteiger partial charge in [0, 0.05) is 19.6 Å². The zero-order valence-electron chi connectivity index (χ0n) is 29.5. The number of nitrogens with zero attached hydrogens (tertiary/aromatic N) is 1. The first-order valence-corrected chi connectivity index (χ1v) is 22.3. The van der Waals surface area contributed by atoms with E-state index in [9.17, 15) is 23.1 Å². The molecule has 0 radical (unpaired) electrons. The summed E-state index contributed by atoms with van der Waals surface area (Å²) in [6, 6.07) is 0. The van der Waals surface area contributed by atoms with Crippen molar-refractivity contribution in [2.24, 2.45) is 5.73 Å². The Morgan fingerprint density at radius 2 is 0.875 bits per heavy atom. The van der Waals surface area contributed by atoms with Crippen molar-refractivity contribution in [3.63, 3.8) is 0 Å². The van der Waals surface area contributed by atoms with Gasteiger partial charge >= 0.3 is 36.5 Å². The molecule has 0 unspecified atom stereocenters. The normalized spacial score (nSPS) is 12.8. The highest BCUT2D eigenvalue weighted by Crippen LogP contribution is 2.69. The van der Waals surface area contributed by atoms with E-state index in [0.717, 1.165) is 0 Å². The smallest absolute Gasteiger partial charge is 0.408 e. The van der Waals surface area contributed by atoms with Gasteiger partial charge in [-0.15, -0.1) is 0 Å². The lowest BCUT2D eigenvalue weighted by molar-refractivity contribution is 0.107. The first kappa shape index (κ1) is 49.8. The quantitative estimate of drug-likeness (QED) is 0.0793. The van der Waals surface area contributed by atoms with Crippen LogP contribution >= 0.6 is 30.4 Å². The first-order valence-electron chi connectivity index (χ1n) is 15.8. The highest BCUT2D eigenvalue weighted by atomic mass is 31.2. The van der Waals surface area contributed by atoms with Crippen LogP contribution in [-0.2, 0) is 59.2 Å². The standard InChI is InChI=1S/C16H36N2O10P2.C9H23NO6P2/c1-5-25-29(22,26-6-2)16(30(23,27-7-3)28-8-4)17-15(21)24-14-11-18(9-12-19)10-13-20;1-5-13-17(11,14-6-2)9(10)18(12,15-7-3)16-8-4/h16,19-20H,5-14H2,1-4H3,(H,17,21);9H,5-8,10H2,1-4H3. The van der Waals surface area contributed by atoms with Crippen LogP contribution in [0.15, 0.2) is 0 Å². The molecule has 1 amide bonds. The minimum absolute atomic E-state index is 0.0277. The van der Waals surface area contributed by atoms with Crippen molar-refractivity contribution < 1.29 is 74.2 Å². The summed E-state index contributed by atoms with van der Waals surface area (Å²) in [6.07, 6.45) is -1.02. The fraction of sp³-hybridized carbons (Fsp3) is 0.960. The molecule has 48 heavy (non-hydrogen) atoms. The fourth-order valence-electron chi connectivity index (χ4n) is 3.71. The number of aliphatic hydroxyl groups excluding tert-OH is 2. The number of carbonyl (C=O) groups is 1. The summed E-state index contributed by atoms with van der Waals surface area (Å²) in [5.74, 6) is 0. The summed E-state index contributed by atoms with van der Waals surface area (Å²) >= 11 is 0. The van der Waals surface area contributed by atoms with Crippen molar-refractivity contribution in [1.82, 2.24) is 10.2 Å². The third-order valence-corrected chi connectivity index (χ3v) is 16.5. The maximum atomic E-state index is 13.3. The van der Waals surface area contributed by atoms with Gasteiger partial charge in [-0.25, -0.2) is 4.79 Å². The Labute approximate surface area is 285 Å².